The van der Waals surface area contributed by atoms with Crippen LogP contribution in [0.2, 0.25) is 5.02 Å². The van der Waals surface area contributed by atoms with Gasteiger partial charge in [0, 0.05) is 10.8 Å². The molecule has 0 atom stereocenters. The highest BCUT2D eigenvalue weighted by Crippen LogP contribution is 2.20. The Morgan fingerprint density at radius 3 is 2.53 bits per heavy atom. The fraction of sp³-hybridized carbons (Fsp3) is 0.167. The van der Waals surface area contributed by atoms with E-state index in [2.05, 4.69) is 41.7 Å². The predicted molar refractivity (Wildman–Crippen MR) is 125 cm³/mol. The summed E-state index contributed by atoms with van der Waals surface area (Å²) >= 11 is 7.61. The molecule has 0 aromatic heterocycles. The van der Waals surface area contributed by atoms with Crippen LogP contribution in [0.25, 0.3) is 0 Å². The zero-order valence-corrected chi connectivity index (χ0v) is 18.2. The van der Waals surface area contributed by atoms with Crippen molar-refractivity contribution < 1.29 is 9.53 Å². The normalized spacial score (nSPS) is 10.9. The van der Waals surface area contributed by atoms with Gasteiger partial charge < -0.3 is 4.74 Å². The second-order valence-corrected chi connectivity index (χ2v) is 8.11. The molecule has 3 aromatic rings. The molecule has 0 saturated heterocycles. The van der Waals surface area contributed by atoms with Gasteiger partial charge in [-0.2, -0.15) is 5.10 Å². The Bertz CT molecular complexity index is 989. The number of thioether (sulfide) groups is 1. The predicted octanol–water partition coefficient (Wildman–Crippen LogP) is 5.61. The molecule has 154 valence electrons. The zero-order valence-electron chi connectivity index (χ0n) is 16.7. The van der Waals surface area contributed by atoms with E-state index in [4.69, 9.17) is 16.3 Å². The van der Waals surface area contributed by atoms with Crippen LogP contribution in [0.5, 0.6) is 5.75 Å². The number of hydrazone groups is 1. The van der Waals surface area contributed by atoms with Crippen molar-refractivity contribution >= 4 is 35.5 Å². The number of rotatable bonds is 9. The van der Waals surface area contributed by atoms with Gasteiger partial charge >= 0.3 is 0 Å². The number of carbonyl (C=O) groups excluding carboxylic acids is 1. The van der Waals surface area contributed by atoms with Crippen molar-refractivity contribution in [3.05, 3.63) is 100 Å². The molecule has 0 spiro atoms. The number of nitrogens with one attached hydrogen (secondary N) is 1. The molecule has 0 aliphatic heterocycles. The van der Waals surface area contributed by atoms with Crippen molar-refractivity contribution in [1.29, 1.82) is 0 Å². The first-order valence-corrected chi connectivity index (χ1v) is 11.0. The minimum absolute atomic E-state index is 0.152. The lowest BCUT2D eigenvalue weighted by molar-refractivity contribution is -0.118. The Kier molecular flexibility index (Phi) is 8.36. The standard InChI is InChI=1S/C24H23ClN2O2S/c1-18-6-8-20(9-7-18)15-29-22-12-10-19(11-13-22)14-26-27-24(28)17-30-16-21-4-2-3-5-23(21)25/h2-14H,15-17H2,1H3,(H,27,28)/b26-14+. The Hall–Kier alpha value is -2.76. The van der Waals surface area contributed by atoms with Gasteiger partial charge in [-0.1, -0.05) is 59.6 Å². The summed E-state index contributed by atoms with van der Waals surface area (Å²) < 4.78 is 5.79. The summed E-state index contributed by atoms with van der Waals surface area (Å²) in [6.07, 6.45) is 1.61. The van der Waals surface area contributed by atoms with Crippen LogP contribution < -0.4 is 10.2 Å². The second kappa shape index (κ2) is 11.4. The highest BCUT2D eigenvalue weighted by Gasteiger charge is 2.03. The van der Waals surface area contributed by atoms with E-state index in [-0.39, 0.29) is 5.91 Å². The largest absolute Gasteiger partial charge is 0.489 e. The van der Waals surface area contributed by atoms with Crippen LogP contribution in [0.1, 0.15) is 22.3 Å². The van der Waals surface area contributed by atoms with Gasteiger partial charge in [0.15, 0.2) is 0 Å². The van der Waals surface area contributed by atoms with E-state index < -0.39 is 0 Å². The molecule has 0 bridgehead atoms. The minimum atomic E-state index is -0.152. The summed E-state index contributed by atoms with van der Waals surface area (Å²) in [5.74, 6) is 1.63. The first-order chi connectivity index (χ1) is 14.6. The Balaban J connectivity index is 1.38. The molecule has 1 N–H and O–H groups in total. The second-order valence-electron chi connectivity index (χ2n) is 6.72. The third-order valence-corrected chi connectivity index (χ3v) is 5.61. The Morgan fingerprint density at radius 2 is 1.80 bits per heavy atom. The molecule has 0 aliphatic carbocycles. The molecule has 0 saturated carbocycles. The molecule has 1 amide bonds. The number of aryl methyl sites for hydroxylation is 1. The highest BCUT2D eigenvalue weighted by molar-refractivity contribution is 7.99. The van der Waals surface area contributed by atoms with Crippen molar-refractivity contribution in [2.45, 2.75) is 19.3 Å². The average molecular weight is 439 g/mol. The number of halogens is 1. The number of hydrogen-bond donors (Lipinski definition) is 1. The molecule has 3 rings (SSSR count). The summed E-state index contributed by atoms with van der Waals surface area (Å²) in [5.41, 5.74) is 6.80. The van der Waals surface area contributed by atoms with Gasteiger partial charge in [-0.15, -0.1) is 11.8 Å². The Labute approximate surface area is 186 Å². The summed E-state index contributed by atoms with van der Waals surface area (Å²) in [6.45, 7) is 2.59. The molecule has 0 fully saturated rings. The molecule has 0 heterocycles. The van der Waals surface area contributed by atoms with E-state index in [1.807, 2.05) is 48.5 Å². The van der Waals surface area contributed by atoms with Gasteiger partial charge in [-0.25, -0.2) is 5.43 Å². The number of amides is 1. The van der Waals surface area contributed by atoms with Crippen molar-refractivity contribution in [2.24, 2.45) is 5.10 Å². The van der Waals surface area contributed by atoms with Crippen LogP contribution in [0, 0.1) is 6.92 Å². The molecule has 0 radical (unpaired) electrons. The molecule has 0 aliphatic rings. The lowest BCUT2D eigenvalue weighted by Crippen LogP contribution is -2.19. The summed E-state index contributed by atoms with van der Waals surface area (Å²) in [7, 11) is 0. The van der Waals surface area contributed by atoms with Crippen LogP contribution in [-0.2, 0) is 17.2 Å². The maximum atomic E-state index is 11.9. The molecule has 30 heavy (non-hydrogen) atoms. The summed E-state index contributed by atoms with van der Waals surface area (Å²) in [5, 5.41) is 4.73. The van der Waals surface area contributed by atoms with E-state index in [1.165, 1.54) is 17.3 Å². The van der Waals surface area contributed by atoms with Gasteiger partial charge in [-0.05, 0) is 53.9 Å². The van der Waals surface area contributed by atoms with E-state index in [0.29, 0.717) is 18.1 Å². The van der Waals surface area contributed by atoms with Crippen molar-refractivity contribution in [2.75, 3.05) is 5.75 Å². The van der Waals surface area contributed by atoms with Crippen molar-refractivity contribution in [3.63, 3.8) is 0 Å². The monoisotopic (exact) mass is 438 g/mol. The van der Waals surface area contributed by atoms with Crippen molar-refractivity contribution in [1.82, 2.24) is 5.43 Å². The van der Waals surface area contributed by atoms with Gasteiger partial charge in [0.1, 0.15) is 12.4 Å². The molecule has 0 unspecified atom stereocenters. The minimum Gasteiger partial charge on any atom is -0.489 e. The first kappa shape index (κ1) is 21.9. The van der Waals surface area contributed by atoms with Gasteiger partial charge in [-0.3, -0.25) is 4.79 Å². The lowest BCUT2D eigenvalue weighted by Gasteiger charge is -2.07. The maximum Gasteiger partial charge on any atom is 0.250 e. The van der Waals surface area contributed by atoms with E-state index in [1.54, 1.807) is 6.21 Å². The number of benzene rings is 3. The fourth-order valence-electron chi connectivity index (χ4n) is 2.58. The molecular weight excluding hydrogens is 416 g/mol. The molecule has 6 heteroatoms. The molecular formula is C24H23ClN2O2S. The van der Waals surface area contributed by atoms with Gasteiger partial charge in [0.2, 0.25) is 5.91 Å². The van der Waals surface area contributed by atoms with Crippen molar-refractivity contribution in [3.8, 4) is 5.75 Å². The number of hydrogen-bond acceptors (Lipinski definition) is 4. The summed E-state index contributed by atoms with van der Waals surface area (Å²) in [4.78, 5) is 11.9. The van der Waals surface area contributed by atoms with Crippen LogP contribution in [-0.4, -0.2) is 17.9 Å². The van der Waals surface area contributed by atoms with Gasteiger partial charge in [0.05, 0.1) is 12.0 Å². The topological polar surface area (TPSA) is 50.7 Å². The average Bonchev–Trinajstić information content (AvgIpc) is 2.76. The van der Waals surface area contributed by atoms with Crippen LogP contribution in [0.3, 0.4) is 0 Å². The van der Waals surface area contributed by atoms with E-state index >= 15 is 0 Å². The quantitative estimate of drug-likeness (QED) is 0.349. The van der Waals surface area contributed by atoms with Crippen LogP contribution >= 0.6 is 23.4 Å². The maximum absolute atomic E-state index is 11.9. The third kappa shape index (κ3) is 7.25. The van der Waals surface area contributed by atoms with E-state index in [9.17, 15) is 4.79 Å². The zero-order chi connectivity index (χ0) is 21.2. The first-order valence-electron chi connectivity index (χ1n) is 9.51. The fourth-order valence-corrected chi connectivity index (χ4v) is 3.69. The third-order valence-electron chi connectivity index (χ3n) is 4.26. The highest BCUT2D eigenvalue weighted by atomic mass is 35.5. The number of ether oxygens (including phenoxy) is 1. The smallest absolute Gasteiger partial charge is 0.250 e. The number of carbonyl (C=O) groups is 1. The summed E-state index contributed by atoms with van der Waals surface area (Å²) in [6, 6.07) is 23.5. The number of nitrogens with zero attached hydrogens (tertiary/aromatic N) is 1. The van der Waals surface area contributed by atoms with Crippen LogP contribution in [0.4, 0.5) is 0 Å². The lowest BCUT2D eigenvalue weighted by atomic mass is 10.2. The van der Waals surface area contributed by atoms with E-state index in [0.717, 1.165) is 27.5 Å². The SMILES string of the molecule is Cc1ccc(COc2ccc(/C=N/NC(=O)CSCc3ccccc3Cl)cc2)cc1. The van der Waals surface area contributed by atoms with Crippen LogP contribution in [0.15, 0.2) is 77.9 Å². The molecule has 3 aromatic carbocycles. The molecule has 4 nitrogen and oxygen atoms in total. The Morgan fingerprint density at radius 1 is 1.07 bits per heavy atom. The van der Waals surface area contributed by atoms with Gasteiger partial charge in [0.25, 0.3) is 0 Å².